The lowest BCUT2D eigenvalue weighted by molar-refractivity contribution is 0.0992. The number of para-hydroxylation sites is 1. The summed E-state index contributed by atoms with van der Waals surface area (Å²) in [4.78, 5) is 16.0. The van der Waals surface area contributed by atoms with Crippen LogP contribution in [0.5, 0.6) is 5.75 Å². The highest BCUT2D eigenvalue weighted by Crippen LogP contribution is 2.14. The Morgan fingerprint density at radius 3 is 2.64 bits per heavy atom. The lowest BCUT2D eigenvalue weighted by Gasteiger charge is -2.03. The topological polar surface area (TPSA) is 64.4 Å². The summed E-state index contributed by atoms with van der Waals surface area (Å²) >= 11 is 0. The third kappa shape index (κ3) is 3.52. The summed E-state index contributed by atoms with van der Waals surface area (Å²) in [6.45, 7) is 0.265. The van der Waals surface area contributed by atoms with Crippen LogP contribution in [0.25, 0.3) is 0 Å². The highest BCUT2D eigenvalue weighted by Gasteiger charge is 2.12. The minimum Gasteiger partial charge on any atom is -0.486 e. The minimum absolute atomic E-state index is 0.220. The number of hydrogen-bond donors (Lipinski definition) is 1. The Kier molecular flexibility index (Phi) is 4.15. The zero-order valence-electron chi connectivity index (χ0n) is 11.7. The van der Waals surface area contributed by atoms with Gasteiger partial charge in [0.2, 0.25) is 0 Å². The average Bonchev–Trinajstić information content (AvgIpc) is 3.04. The van der Waals surface area contributed by atoms with Crippen molar-refractivity contribution in [1.82, 2.24) is 4.98 Å². The van der Waals surface area contributed by atoms with Gasteiger partial charge in [0, 0.05) is 6.20 Å². The smallest absolute Gasteiger partial charge is 0.292 e. The van der Waals surface area contributed by atoms with Gasteiger partial charge in [-0.3, -0.25) is 4.79 Å². The van der Waals surface area contributed by atoms with Crippen LogP contribution < -0.4 is 10.1 Å². The summed E-state index contributed by atoms with van der Waals surface area (Å²) < 4.78 is 11.0. The first kappa shape index (κ1) is 13.9. The van der Waals surface area contributed by atoms with E-state index in [0.717, 1.165) is 5.75 Å². The molecule has 0 spiro atoms. The van der Waals surface area contributed by atoms with Gasteiger partial charge in [0.05, 0.1) is 0 Å². The van der Waals surface area contributed by atoms with Crippen molar-refractivity contribution in [3.63, 3.8) is 0 Å². The van der Waals surface area contributed by atoms with Crippen LogP contribution in [-0.2, 0) is 6.61 Å². The zero-order valence-corrected chi connectivity index (χ0v) is 11.7. The van der Waals surface area contributed by atoms with Crippen molar-refractivity contribution in [2.24, 2.45) is 0 Å². The molecule has 0 bridgehead atoms. The second kappa shape index (κ2) is 6.58. The van der Waals surface area contributed by atoms with E-state index < -0.39 is 0 Å². The van der Waals surface area contributed by atoms with Crippen molar-refractivity contribution >= 4 is 11.7 Å². The molecule has 3 aromatic rings. The molecular formula is C17H14N2O3. The van der Waals surface area contributed by atoms with Crippen molar-refractivity contribution < 1.29 is 13.9 Å². The molecule has 110 valence electrons. The number of nitrogens with zero attached hydrogens (tertiary/aromatic N) is 1. The van der Waals surface area contributed by atoms with Gasteiger partial charge in [-0.1, -0.05) is 24.3 Å². The Morgan fingerprint density at radius 1 is 1.05 bits per heavy atom. The molecule has 0 fully saturated rings. The average molecular weight is 294 g/mol. The lowest BCUT2D eigenvalue weighted by atomic mass is 10.3. The third-order valence-corrected chi connectivity index (χ3v) is 2.92. The van der Waals surface area contributed by atoms with Crippen LogP contribution in [0.2, 0.25) is 0 Å². The van der Waals surface area contributed by atoms with E-state index in [0.29, 0.717) is 11.6 Å². The van der Waals surface area contributed by atoms with Crippen LogP contribution in [0.15, 0.2) is 71.3 Å². The van der Waals surface area contributed by atoms with Crippen molar-refractivity contribution in [3.05, 3.63) is 78.4 Å². The number of ether oxygens (including phenoxy) is 1. The van der Waals surface area contributed by atoms with Crippen LogP contribution >= 0.6 is 0 Å². The van der Waals surface area contributed by atoms with Crippen LogP contribution in [0.3, 0.4) is 0 Å². The fourth-order valence-corrected chi connectivity index (χ4v) is 1.86. The molecule has 0 saturated carbocycles. The predicted octanol–water partition coefficient (Wildman–Crippen LogP) is 3.51. The second-order valence-corrected chi connectivity index (χ2v) is 4.54. The molecule has 1 amide bonds. The number of furan rings is 1. The zero-order chi connectivity index (χ0) is 15.2. The molecule has 2 aromatic heterocycles. The monoisotopic (exact) mass is 294 g/mol. The Hall–Kier alpha value is -3.08. The van der Waals surface area contributed by atoms with Crippen LogP contribution in [0.1, 0.15) is 16.3 Å². The van der Waals surface area contributed by atoms with Crippen molar-refractivity contribution in [3.8, 4) is 5.75 Å². The largest absolute Gasteiger partial charge is 0.486 e. The van der Waals surface area contributed by atoms with Gasteiger partial charge in [-0.05, 0) is 36.4 Å². The molecule has 5 nitrogen and oxygen atoms in total. The second-order valence-electron chi connectivity index (χ2n) is 4.54. The normalized spacial score (nSPS) is 10.2. The third-order valence-electron chi connectivity index (χ3n) is 2.92. The van der Waals surface area contributed by atoms with Crippen molar-refractivity contribution in [1.29, 1.82) is 0 Å². The van der Waals surface area contributed by atoms with E-state index in [1.54, 1.807) is 36.5 Å². The van der Waals surface area contributed by atoms with Crippen LogP contribution in [0, 0.1) is 0 Å². The molecule has 0 radical (unpaired) electrons. The molecule has 22 heavy (non-hydrogen) atoms. The SMILES string of the molecule is O=C(Nc1ccccn1)c1ccc(COc2ccccc2)o1. The number of rotatable bonds is 5. The first-order chi connectivity index (χ1) is 10.8. The Balaban J connectivity index is 1.60. The summed E-state index contributed by atoms with van der Waals surface area (Å²) in [5, 5.41) is 2.66. The maximum Gasteiger partial charge on any atom is 0.292 e. The van der Waals surface area contributed by atoms with E-state index in [4.69, 9.17) is 9.15 Å². The number of benzene rings is 1. The molecule has 1 N–H and O–H groups in total. The molecule has 5 heteroatoms. The van der Waals surface area contributed by atoms with Gasteiger partial charge in [0.15, 0.2) is 5.76 Å². The molecule has 1 aromatic carbocycles. The number of aromatic nitrogens is 1. The molecule has 0 aliphatic rings. The first-order valence-electron chi connectivity index (χ1n) is 6.80. The van der Waals surface area contributed by atoms with E-state index in [1.807, 2.05) is 30.3 Å². The van der Waals surface area contributed by atoms with Gasteiger partial charge in [-0.2, -0.15) is 0 Å². The number of carbonyl (C=O) groups excluding carboxylic acids is 1. The number of hydrogen-bond acceptors (Lipinski definition) is 4. The number of nitrogens with one attached hydrogen (secondary N) is 1. The Labute approximate surface area is 127 Å². The summed E-state index contributed by atoms with van der Waals surface area (Å²) in [6.07, 6.45) is 1.61. The standard InChI is InChI=1S/C17H14N2O3/c20-17(19-16-8-4-5-11-18-16)15-10-9-14(22-15)12-21-13-6-2-1-3-7-13/h1-11H,12H2,(H,18,19,20). The van der Waals surface area contributed by atoms with E-state index in [2.05, 4.69) is 10.3 Å². The molecule has 0 unspecified atom stereocenters. The maximum absolute atomic E-state index is 12.0. The van der Waals surface area contributed by atoms with Crippen LogP contribution in [-0.4, -0.2) is 10.9 Å². The molecule has 2 heterocycles. The van der Waals surface area contributed by atoms with Crippen molar-refractivity contribution in [2.45, 2.75) is 6.61 Å². The lowest BCUT2D eigenvalue weighted by Crippen LogP contribution is -2.11. The summed E-state index contributed by atoms with van der Waals surface area (Å²) in [7, 11) is 0. The van der Waals surface area contributed by atoms with Gasteiger partial charge < -0.3 is 14.5 Å². The number of carbonyl (C=O) groups is 1. The summed E-state index contributed by atoms with van der Waals surface area (Å²) in [5.41, 5.74) is 0. The fourth-order valence-electron chi connectivity index (χ4n) is 1.86. The molecular weight excluding hydrogens is 280 g/mol. The summed E-state index contributed by atoms with van der Waals surface area (Å²) in [6, 6.07) is 18.0. The van der Waals surface area contributed by atoms with E-state index in [1.165, 1.54) is 0 Å². The number of pyridine rings is 1. The number of amides is 1. The summed E-state index contributed by atoms with van der Waals surface area (Å²) in [5.74, 6) is 1.68. The van der Waals surface area contributed by atoms with Gasteiger partial charge in [-0.15, -0.1) is 0 Å². The minimum atomic E-state index is -0.343. The molecule has 0 aliphatic carbocycles. The van der Waals surface area contributed by atoms with Gasteiger partial charge in [0.25, 0.3) is 5.91 Å². The quantitative estimate of drug-likeness (QED) is 0.782. The van der Waals surface area contributed by atoms with E-state index in [9.17, 15) is 4.79 Å². The van der Waals surface area contributed by atoms with E-state index >= 15 is 0 Å². The fraction of sp³-hybridized carbons (Fsp3) is 0.0588. The van der Waals surface area contributed by atoms with E-state index in [-0.39, 0.29) is 18.3 Å². The Morgan fingerprint density at radius 2 is 1.86 bits per heavy atom. The molecule has 0 atom stereocenters. The molecule has 3 rings (SSSR count). The number of anilines is 1. The van der Waals surface area contributed by atoms with Crippen molar-refractivity contribution in [2.75, 3.05) is 5.32 Å². The first-order valence-corrected chi connectivity index (χ1v) is 6.80. The van der Waals surface area contributed by atoms with Gasteiger partial charge >= 0.3 is 0 Å². The van der Waals surface area contributed by atoms with Gasteiger partial charge in [0.1, 0.15) is 23.9 Å². The van der Waals surface area contributed by atoms with Crippen LogP contribution in [0.4, 0.5) is 5.82 Å². The highest BCUT2D eigenvalue weighted by atomic mass is 16.5. The molecule has 0 aliphatic heterocycles. The highest BCUT2D eigenvalue weighted by molar-refractivity contribution is 6.01. The maximum atomic E-state index is 12.0. The Bertz CT molecular complexity index is 739. The molecule has 0 saturated heterocycles. The predicted molar refractivity (Wildman–Crippen MR) is 81.7 cm³/mol. The van der Waals surface area contributed by atoms with Gasteiger partial charge in [-0.25, -0.2) is 4.98 Å².